The Hall–Kier alpha value is -2.67. The normalized spacial score (nSPS) is 23.2. The summed E-state index contributed by atoms with van der Waals surface area (Å²) in [5.41, 5.74) is 7.50. The molecule has 2 aliphatic rings. The minimum absolute atomic E-state index is 0.303. The highest BCUT2D eigenvalue weighted by Crippen LogP contribution is 2.36. The average Bonchev–Trinajstić information content (AvgIpc) is 3.05. The van der Waals surface area contributed by atoms with Crippen LogP contribution in [0.15, 0.2) is 47.7 Å². The fourth-order valence-corrected chi connectivity index (χ4v) is 3.73. The molecular weight excluding hydrogens is 328 g/mol. The number of nitrogens with two attached hydrogens (primary N) is 1. The highest BCUT2D eigenvalue weighted by atomic mass is 16.3. The number of aromatic nitrogens is 2. The van der Waals surface area contributed by atoms with Crippen LogP contribution in [-0.4, -0.2) is 58.7 Å². The fourth-order valence-electron chi connectivity index (χ4n) is 3.73. The van der Waals surface area contributed by atoms with E-state index in [1.807, 2.05) is 24.3 Å². The Balaban J connectivity index is 1.38. The predicted octanol–water partition coefficient (Wildman–Crippen LogP) is 0.747. The van der Waals surface area contributed by atoms with E-state index in [4.69, 9.17) is 5.73 Å². The van der Waals surface area contributed by atoms with Crippen molar-refractivity contribution in [2.24, 2.45) is 10.7 Å². The van der Waals surface area contributed by atoms with E-state index in [1.54, 1.807) is 12.4 Å². The van der Waals surface area contributed by atoms with Crippen molar-refractivity contribution in [3.63, 3.8) is 0 Å². The number of hydrogen-bond donors (Lipinski definition) is 2. The van der Waals surface area contributed by atoms with Gasteiger partial charge >= 0.3 is 0 Å². The molecule has 2 heterocycles. The summed E-state index contributed by atoms with van der Waals surface area (Å²) in [4.78, 5) is 17.3. The third-order valence-electron chi connectivity index (χ3n) is 5.27. The van der Waals surface area contributed by atoms with E-state index < -0.39 is 5.60 Å². The van der Waals surface area contributed by atoms with Gasteiger partial charge in [-0.3, -0.25) is 0 Å². The molecule has 0 amide bonds. The first-order chi connectivity index (χ1) is 12.7. The lowest BCUT2D eigenvalue weighted by atomic mass is 9.96. The van der Waals surface area contributed by atoms with Gasteiger partial charge < -0.3 is 20.6 Å². The smallest absolute Gasteiger partial charge is 0.225 e. The number of guanidine groups is 1. The van der Waals surface area contributed by atoms with Crippen LogP contribution in [0.4, 0.5) is 5.95 Å². The van der Waals surface area contributed by atoms with E-state index in [2.05, 4.69) is 30.8 Å². The molecule has 0 radical (unpaired) electrons. The molecule has 1 unspecified atom stereocenters. The van der Waals surface area contributed by atoms with E-state index in [9.17, 15) is 5.11 Å². The van der Waals surface area contributed by atoms with Crippen molar-refractivity contribution in [3.8, 4) is 0 Å². The summed E-state index contributed by atoms with van der Waals surface area (Å²) in [6, 6.07) is 9.86. The lowest BCUT2D eigenvalue weighted by Crippen LogP contribution is -2.51. The van der Waals surface area contributed by atoms with Gasteiger partial charge in [0.1, 0.15) is 5.60 Å². The first-order valence-electron chi connectivity index (χ1n) is 9.03. The van der Waals surface area contributed by atoms with E-state index in [1.165, 1.54) is 5.56 Å². The van der Waals surface area contributed by atoms with Gasteiger partial charge in [-0.15, -0.1) is 0 Å². The van der Waals surface area contributed by atoms with Gasteiger partial charge in [-0.1, -0.05) is 24.3 Å². The quantitative estimate of drug-likeness (QED) is 0.626. The van der Waals surface area contributed by atoms with E-state index >= 15 is 0 Å². The highest BCUT2D eigenvalue weighted by Gasteiger charge is 2.36. The molecular formula is C19H24N6O. The summed E-state index contributed by atoms with van der Waals surface area (Å²) in [6.07, 6.45) is 5.09. The Morgan fingerprint density at radius 2 is 1.85 bits per heavy atom. The second-order valence-corrected chi connectivity index (χ2v) is 6.89. The van der Waals surface area contributed by atoms with Crippen molar-refractivity contribution >= 4 is 11.9 Å². The largest absolute Gasteiger partial charge is 0.383 e. The van der Waals surface area contributed by atoms with Crippen LogP contribution in [0.2, 0.25) is 0 Å². The maximum absolute atomic E-state index is 11.0. The number of anilines is 1. The Bertz CT molecular complexity index is 788. The van der Waals surface area contributed by atoms with Crippen LogP contribution in [0.1, 0.15) is 17.5 Å². The molecule has 1 atom stereocenters. The summed E-state index contributed by atoms with van der Waals surface area (Å²) < 4.78 is 0. The van der Waals surface area contributed by atoms with Crippen LogP contribution in [0, 0.1) is 0 Å². The Morgan fingerprint density at radius 3 is 2.62 bits per heavy atom. The molecule has 1 aromatic heterocycles. The Kier molecular flexibility index (Phi) is 4.46. The van der Waals surface area contributed by atoms with Crippen molar-refractivity contribution in [2.75, 3.05) is 37.6 Å². The van der Waals surface area contributed by atoms with Crippen molar-refractivity contribution in [2.45, 2.75) is 18.4 Å². The number of aliphatic imine (C=N–C) groups is 1. The third-order valence-corrected chi connectivity index (χ3v) is 5.27. The summed E-state index contributed by atoms with van der Waals surface area (Å²) >= 11 is 0. The van der Waals surface area contributed by atoms with E-state index in [-0.39, 0.29) is 0 Å². The van der Waals surface area contributed by atoms with Gasteiger partial charge in [0.25, 0.3) is 0 Å². The van der Waals surface area contributed by atoms with Crippen molar-refractivity contribution in [1.82, 2.24) is 14.9 Å². The van der Waals surface area contributed by atoms with Crippen LogP contribution < -0.4 is 10.6 Å². The summed E-state index contributed by atoms with van der Waals surface area (Å²) in [5.74, 6) is 1.25. The number of hydrogen-bond acceptors (Lipinski definition) is 5. The van der Waals surface area contributed by atoms with Crippen molar-refractivity contribution in [1.29, 1.82) is 0 Å². The van der Waals surface area contributed by atoms with Gasteiger partial charge in [-0.25, -0.2) is 15.0 Å². The number of nitrogens with zero attached hydrogens (tertiary/aromatic N) is 5. The van der Waals surface area contributed by atoms with Gasteiger partial charge in [-0.05, 0) is 30.0 Å². The molecule has 26 heavy (non-hydrogen) atoms. The second-order valence-electron chi connectivity index (χ2n) is 6.89. The molecule has 7 heteroatoms. The summed E-state index contributed by atoms with van der Waals surface area (Å²) in [6.45, 7) is 3.43. The van der Waals surface area contributed by atoms with E-state index in [0.717, 1.165) is 44.1 Å². The van der Waals surface area contributed by atoms with Crippen LogP contribution in [-0.2, 0) is 12.0 Å². The molecule has 1 aromatic carbocycles. The number of fused-ring (bicyclic) bond motifs is 1. The molecule has 0 spiro atoms. The van der Waals surface area contributed by atoms with Crippen LogP contribution >= 0.6 is 0 Å². The first kappa shape index (κ1) is 16.8. The second kappa shape index (κ2) is 6.92. The van der Waals surface area contributed by atoms with E-state index in [0.29, 0.717) is 18.9 Å². The zero-order valence-corrected chi connectivity index (χ0v) is 14.8. The molecule has 0 saturated carbocycles. The number of benzene rings is 1. The minimum atomic E-state index is -0.902. The van der Waals surface area contributed by atoms with Gasteiger partial charge in [0.05, 0.1) is 6.54 Å². The molecule has 4 rings (SSSR count). The molecule has 2 aromatic rings. The zero-order valence-electron chi connectivity index (χ0n) is 14.8. The SMILES string of the molecule is NC(=NCC1(O)CCc2ccccc21)N1CCN(c2ncccn2)CC1. The maximum Gasteiger partial charge on any atom is 0.225 e. The van der Waals surface area contributed by atoms with Crippen LogP contribution in [0.25, 0.3) is 0 Å². The lowest BCUT2D eigenvalue weighted by molar-refractivity contribution is 0.0483. The first-order valence-corrected chi connectivity index (χ1v) is 9.03. The Labute approximate surface area is 153 Å². The predicted molar refractivity (Wildman–Crippen MR) is 101 cm³/mol. The maximum atomic E-state index is 11.0. The number of aliphatic hydroxyl groups is 1. The zero-order chi connectivity index (χ0) is 18.0. The van der Waals surface area contributed by atoms with Crippen molar-refractivity contribution in [3.05, 3.63) is 53.9 Å². The van der Waals surface area contributed by atoms with Gasteiger partial charge in [0, 0.05) is 38.6 Å². The number of aryl methyl sites for hydroxylation is 1. The average molecular weight is 352 g/mol. The lowest BCUT2D eigenvalue weighted by Gasteiger charge is -2.35. The number of piperazine rings is 1. The molecule has 1 aliphatic carbocycles. The highest BCUT2D eigenvalue weighted by molar-refractivity contribution is 5.78. The molecule has 1 saturated heterocycles. The third kappa shape index (κ3) is 3.22. The molecule has 3 N–H and O–H groups in total. The van der Waals surface area contributed by atoms with Gasteiger partial charge in [-0.2, -0.15) is 0 Å². The molecule has 0 bridgehead atoms. The van der Waals surface area contributed by atoms with Crippen LogP contribution in [0.3, 0.4) is 0 Å². The molecule has 1 fully saturated rings. The number of rotatable bonds is 3. The van der Waals surface area contributed by atoms with Crippen molar-refractivity contribution < 1.29 is 5.11 Å². The monoisotopic (exact) mass is 352 g/mol. The fraction of sp³-hybridized carbons (Fsp3) is 0.421. The molecule has 7 nitrogen and oxygen atoms in total. The van der Waals surface area contributed by atoms with Crippen LogP contribution in [0.5, 0.6) is 0 Å². The summed E-state index contributed by atoms with van der Waals surface area (Å²) in [7, 11) is 0. The molecule has 1 aliphatic heterocycles. The van der Waals surface area contributed by atoms with Gasteiger partial charge in [0.15, 0.2) is 5.96 Å². The minimum Gasteiger partial charge on any atom is -0.383 e. The van der Waals surface area contributed by atoms with Gasteiger partial charge in [0.2, 0.25) is 5.95 Å². The summed E-state index contributed by atoms with van der Waals surface area (Å²) in [5, 5.41) is 11.0. The topological polar surface area (TPSA) is 90.9 Å². The molecule has 136 valence electrons. The standard InChI is InChI=1S/C19H24N6O/c20-17(23-14-19(26)7-6-15-4-1-2-5-16(15)19)24-10-12-25(13-11-24)18-21-8-3-9-22-18/h1-5,8-9,26H,6-7,10-14H2,(H2,20,23). The Morgan fingerprint density at radius 1 is 1.12 bits per heavy atom.